The molecule has 2 atom stereocenters. The van der Waals surface area contributed by atoms with Crippen LogP contribution in [-0.2, 0) is 0 Å². The van der Waals surface area contributed by atoms with Crippen molar-refractivity contribution < 1.29 is 9.90 Å². The van der Waals surface area contributed by atoms with E-state index in [4.69, 9.17) is 0 Å². The Labute approximate surface area is 126 Å². The number of carbonyl (C=O) groups is 1. The first-order valence-corrected chi connectivity index (χ1v) is 7.17. The minimum atomic E-state index is -0.918. The number of hydrogen-bond acceptors (Lipinski definition) is 4. The number of anilines is 2. The zero-order valence-electron chi connectivity index (χ0n) is 13.5. The summed E-state index contributed by atoms with van der Waals surface area (Å²) in [4.78, 5) is 17.9. The van der Waals surface area contributed by atoms with E-state index in [1.165, 1.54) is 0 Å². The highest BCUT2D eigenvalue weighted by atomic mass is 16.3. The van der Waals surface area contributed by atoms with Gasteiger partial charge < -0.3 is 20.6 Å². The van der Waals surface area contributed by atoms with Crippen LogP contribution >= 0.6 is 0 Å². The lowest BCUT2D eigenvalue weighted by Crippen LogP contribution is -2.46. The van der Waals surface area contributed by atoms with Crippen LogP contribution in [-0.4, -0.2) is 42.4 Å². The monoisotopic (exact) mass is 294 g/mol. The van der Waals surface area contributed by atoms with Gasteiger partial charge in [0.1, 0.15) is 5.82 Å². The third-order valence-electron chi connectivity index (χ3n) is 3.74. The second-order valence-corrected chi connectivity index (χ2v) is 5.77. The predicted molar refractivity (Wildman–Crippen MR) is 85.7 cm³/mol. The Morgan fingerprint density at radius 1 is 1.48 bits per heavy atom. The molecule has 21 heavy (non-hydrogen) atoms. The van der Waals surface area contributed by atoms with Crippen molar-refractivity contribution in [3.05, 3.63) is 18.3 Å². The Bertz CT molecular complexity index is 457. The van der Waals surface area contributed by atoms with E-state index in [0.717, 1.165) is 12.2 Å². The number of rotatable bonds is 6. The maximum atomic E-state index is 11.8. The van der Waals surface area contributed by atoms with Gasteiger partial charge >= 0.3 is 6.03 Å². The van der Waals surface area contributed by atoms with E-state index < -0.39 is 5.60 Å². The van der Waals surface area contributed by atoms with E-state index in [0.29, 0.717) is 5.69 Å². The summed E-state index contributed by atoms with van der Waals surface area (Å²) in [6, 6.07) is 3.26. The summed E-state index contributed by atoms with van der Waals surface area (Å²) in [5.74, 6) is 0.930. The smallest absolute Gasteiger partial charge is 0.319 e. The van der Waals surface area contributed by atoms with Gasteiger partial charge in [0.05, 0.1) is 17.5 Å². The van der Waals surface area contributed by atoms with Crippen molar-refractivity contribution >= 4 is 17.5 Å². The van der Waals surface area contributed by atoms with E-state index >= 15 is 0 Å². The molecule has 0 bridgehead atoms. The SMILES string of the molecule is CCC(C)C(C)(O)CNC(=O)Nc1ccc(N(C)C)nc1. The summed E-state index contributed by atoms with van der Waals surface area (Å²) in [6.07, 6.45) is 2.45. The molecule has 0 fully saturated rings. The minimum Gasteiger partial charge on any atom is -0.388 e. The molecule has 0 saturated carbocycles. The van der Waals surface area contributed by atoms with Crippen LogP contribution in [0.3, 0.4) is 0 Å². The molecule has 2 amide bonds. The van der Waals surface area contributed by atoms with Gasteiger partial charge in [-0.3, -0.25) is 0 Å². The van der Waals surface area contributed by atoms with Crippen LogP contribution in [0.4, 0.5) is 16.3 Å². The zero-order valence-corrected chi connectivity index (χ0v) is 13.5. The fraction of sp³-hybridized carbons (Fsp3) is 0.600. The van der Waals surface area contributed by atoms with Crippen molar-refractivity contribution in [2.45, 2.75) is 32.8 Å². The van der Waals surface area contributed by atoms with E-state index in [-0.39, 0.29) is 18.5 Å². The number of carbonyl (C=O) groups excluding carboxylic acids is 1. The van der Waals surface area contributed by atoms with Crippen LogP contribution in [0.5, 0.6) is 0 Å². The average molecular weight is 294 g/mol. The standard InChI is InChI=1S/C15H26N4O2/c1-6-11(2)15(3,21)10-17-14(20)18-12-7-8-13(16-9-12)19(4)5/h7-9,11,21H,6,10H2,1-5H3,(H2,17,18,20). The molecular formula is C15H26N4O2. The highest BCUT2D eigenvalue weighted by molar-refractivity contribution is 5.89. The van der Waals surface area contributed by atoms with Crippen molar-refractivity contribution in [3.8, 4) is 0 Å². The highest BCUT2D eigenvalue weighted by Gasteiger charge is 2.27. The summed E-state index contributed by atoms with van der Waals surface area (Å²) in [5.41, 5.74) is -0.305. The molecule has 3 N–H and O–H groups in total. The van der Waals surface area contributed by atoms with E-state index in [1.54, 1.807) is 19.2 Å². The van der Waals surface area contributed by atoms with Gasteiger partial charge in [-0.15, -0.1) is 0 Å². The zero-order chi connectivity index (χ0) is 16.0. The lowest BCUT2D eigenvalue weighted by Gasteiger charge is -2.29. The van der Waals surface area contributed by atoms with Crippen LogP contribution in [0.15, 0.2) is 18.3 Å². The third kappa shape index (κ3) is 5.23. The van der Waals surface area contributed by atoms with Gasteiger partial charge in [0.25, 0.3) is 0 Å². The summed E-state index contributed by atoms with van der Waals surface area (Å²) < 4.78 is 0. The lowest BCUT2D eigenvalue weighted by molar-refractivity contribution is 0.00827. The molecule has 0 radical (unpaired) electrons. The van der Waals surface area contributed by atoms with E-state index in [9.17, 15) is 9.90 Å². The number of aromatic nitrogens is 1. The Kier molecular flexibility index (Phi) is 5.96. The van der Waals surface area contributed by atoms with Gasteiger partial charge in [0.15, 0.2) is 0 Å². The van der Waals surface area contributed by atoms with Crippen molar-refractivity contribution in [2.75, 3.05) is 30.9 Å². The highest BCUT2D eigenvalue weighted by Crippen LogP contribution is 2.19. The van der Waals surface area contributed by atoms with E-state index in [2.05, 4.69) is 15.6 Å². The minimum absolute atomic E-state index is 0.110. The molecule has 1 heterocycles. The van der Waals surface area contributed by atoms with Crippen LogP contribution in [0.2, 0.25) is 0 Å². The molecule has 0 aliphatic rings. The van der Waals surface area contributed by atoms with E-state index in [1.807, 2.05) is 38.9 Å². The van der Waals surface area contributed by atoms with Crippen molar-refractivity contribution in [1.29, 1.82) is 0 Å². The van der Waals surface area contributed by atoms with Crippen LogP contribution in [0.1, 0.15) is 27.2 Å². The Hall–Kier alpha value is -1.82. The number of hydrogen-bond donors (Lipinski definition) is 3. The van der Waals surface area contributed by atoms with Gasteiger partial charge in [0.2, 0.25) is 0 Å². The predicted octanol–water partition coefficient (Wildman–Crippen LogP) is 2.07. The Morgan fingerprint density at radius 2 is 2.14 bits per heavy atom. The molecule has 6 nitrogen and oxygen atoms in total. The number of nitrogens with zero attached hydrogens (tertiary/aromatic N) is 2. The molecular weight excluding hydrogens is 268 g/mol. The number of nitrogens with one attached hydrogen (secondary N) is 2. The molecule has 1 rings (SSSR count). The lowest BCUT2D eigenvalue weighted by atomic mass is 9.89. The number of amides is 2. The van der Waals surface area contributed by atoms with Gasteiger partial charge in [-0.1, -0.05) is 20.3 Å². The van der Waals surface area contributed by atoms with Crippen molar-refractivity contribution in [2.24, 2.45) is 5.92 Å². The van der Waals surface area contributed by atoms with Gasteiger partial charge in [-0.25, -0.2) is 9.78 Å². The summed E-state index contributed by atoms with van der Waals surface area (Å²) in [5, 5.41) is 15.6. The first-order valence-electron chi connectivity index (χ1n) is 7.17. The largest absolute Gasteiger partial charge is 0.388 e. The first kappa shape index (κ1) is 17.2. The van der Waals surface area contributed by atoms with Gasteiger partial charge in [-0.2, -0.15) is 0 Å². The normalized spacial score (nSPS) is 15.0. The summed E-state index contributed by atoms with van der Waals surface area (Å²) >= 11 is 0. The number of aliphatic hydroxyl groups is 1. The quantitative estimate of drug-likeness (QED) is 0.750. The van der Waals surface area contributed by atoms with Crippen molar-refractivity contribution in [3.63, 3.8) is 0 Å². The Balaban J connectivity index is 2.50. The van der Waals surface area contributed by atoms with Crippen LogP contribution < -0.4 is 15.5 Å². The summed E-state index contributed by atoms with van der Waals surface area (Å²) in [7, 11) is 3.80. The average Bonchev–Trinajstić information content (AvgIpc) is 2.45. The maximum Gasteiger partial charge on any atom is 0.319 e. The fourth-order valence-corrected chi connectivity index (χ4v) is 1.77. The number of pyridine rings is 1. The molecule has 1 aromatic heterocycles. The van der Waals surface area contributed by atoms with Gasteiger partial charge in [0, 0.05) is 20.6 Å². The molecule has 0 spiro atoms. The molecule has 1 aromatic rings. The van der Waals surface area contributed by atoms with Crippen LogP contribution in [0.25, 0.3) is 0 Å². The molecule has 0 aliphatic carbocycles. The Morgan fingerprint density at radius 3 is 2.62 bits per heavy atom. The maximum absolute atomic E-state index is 11.8. The summed E-state index contributed by atoms with van der Waals surface area (Å²) in [6.45, 7) is 5.91. The first-order chi connectivity index (χ1) is 9.76. The molecule has 0 aliphatic heterocycles. The molecule has 6 heteroatoms. The van der Waals surface area contributed by atoms with Crippen LogP contribution in [0, 0.1) is 5.92 Å². The van der Waals surface area contributed by atoms with Crippen molar-refractivity contribution in [1.82, 2.24) is 10.3 Å². The molecule has 2 unspecified atom stereocenters. The second-order valence-electron chi connectivity index (χ2n) is 5.77. The topological polar surface area (TPSA) is 77.5 Å². The second kappa shape index (κ2) is 7.26. The third-order valence-corrected chi connectivity index (χ3v) is 3.74. The molecule has 118 valence electrons. The molecule has 0 aromatic carbocycles. The number of urea groups is 1. The van der Waals surface area contributed by atoms with Gasteiger partial charge in [-0.05, 0) is 25.0 Å². The molecule has 0 saturated heterocycles. The fourth-order valence-electron chi connectivity index (χ4n) is 1.77.